The molecule has 3 aromatic carbocycles. The minimum atomic E-state index is -1.24. The Kier molecular flexibility index (Phi) is 10.6. The first-order chi connectivity index (χ1) is 18.8. The number of hydrogen-bond acceptors (Lipinski definition) is 10. The van der Waals surface area contributed by atoms with Gasteiger partial charge in [0.1, 0.15) is 6.10 Å². The lowest BCUT2D eigenvalue weighted by molar-refractivity contribution is -0.000748. The highest BCUT2D eigenvalue weighted by molar-refractivity contribution is 5.47. The van der Waals surface area contributed by atoms with Gasteiger partial charge in [0, 0.05) is 12.5 Å². The molecule has 0 unspecified atom stereocenters. The maximum atomic E-state index is 10.9. The molecule has 0 bridgehead atoms. The second-order valence-electron chi connectivity index (χ2n) is 8.72. The van der Waals surface area contributed by atoms with Gasteiger partial charge in [0.25, 0.3) is 0 Å². The molecule has 0 aliphatic carbocycles. The van der Waals surface area contributed by atoms with Crippen LogP contribution in [-0.4, -0.2) is 72.8 Å². The second-order valence-corrected chi connectivity index (χ2v) is 8.72. The molecular weight excluding hydrogens is 508 g/mol. The van der Waals surface area contributed by atoms with E-state index in [1.807, 2.05) is 6.92 Å². The van der Waals surface area contributed by atoms with E-state index in [1.54, 1.807) is 30.3 Å². The molecule has 0 amide bonds. The average molecular weight is 545 g/mol. The Balaban J connectivity index is 1.91. The summed E-state index contributed by atoms with van der Waals surface area (Å²) in [5, 5.41) is 51.0. The number of aliphatic hydroxyl groups is 3. The van der Waals surface area contributed by atoms with Crippen LogP contribution in [0.1, 0.15) is 41.7 Å². The van der Waals surface area contributed by atoms with Crippen molar-refractivity contribution in [2.24, 2.45) is 0 Å². The lowest BCUT2D eigenvalue weighted by Crippen LogP contribution is -2.29. The number of methoxy groups -OCH3 is 3. The van der Waals surface area contributed by atoms with E-state index in [2.05, 4.69) is 0 Å². The second kappa shape index (κ2) is 13.9. The van der Waals surface area contributed by atoms with E-state index in [0.717, 1.165) is 0 Å². The molecule has 0 saturated carbocycles. The molecule has 39 heavy (non-hydrogen) atoms. The van der Waals surface area contributed by atoms with Gasteiger partial charge in [-0.05, 0) is 60.0 Å². The smallest absolute Gasteiger partial charge is 0.161 e. The number of hydrogen-bond donors (Lipinski definition) is 5. The first kappa shape index (κ1) is 29.9. The molecule has 212 valence electrons. The zero-order valence-corrected chi connectivity index (χ0v) is 22.4. The molecule has 3 rings (SSSR count). The molecule has 5 N–H and O–H groups in total. The van der Waals surface area contributed by atoms with Crippen molar-refractivity contribution < 1.29 is 49.2 Å². The van der Waals surface area contributed by atoms with Gasteiger partial charge in [0.05, 0.1) is 40.6 Å². The summed E-state index contributed by atoms with van der Waals surface area (Å²) >= 11 is 0. The van der Waals surface area contributed by atoms with E-state index in [0.29, 0.717) is 29.0 Å². The molecule has 0 radical (unpaired) electrons. The summed E-state index contributed by atoms with van der Waals surface area (Å²) in [6.45, 7) is 1.46. The SMILES string of the molecule is CCO[C@H](c1ccc(O[C@@H](CO)[C@@H](O)c2ccc(O)c(OC)c2)c(OC)c1)[C@@H](CO)c1ccc(O)c(OC)c1. The van der Waals surface area contributed by atoms with Crippen molar-refractivity contribution in [2.45, 2.75) is 31.2 Å². The highest BCUT2D eigenvalue weighted by Crippen LogP contribution is 2.41. The average Bonchev–Trinajstić information content (AvgIpc) is 2.96. The summed E-state index contributed by atoms with van der Waals surface area (Å²) in [6, 6.07) is 14.3. The minimum Gasteiger partial charge on any atom is -0.504 e. The molecule has 10 heteroatoms. The van der Waals surface area contributed by atoms with Crippen LogP contribution in [0.5, 0.6) is 34.5 Å². The lowest BCUT2D eigenvalue weighted by Gasteiger charge is -2.28. The fraction of sp³-hybridized carbons (Fsp3) is 0.379. The van der Waals surface area contributed by atoms with Gasteiger partial charge in [0.2, 0.25) is 0 Å². The predicted octanol–water partition coefficient (Wildman–Crippen LogP) is 3.45. The third-order valence-corrected chi connectivity index (χ3v) is 6.41. The Morgan fingerprint density at radius 1 is 0.667 bits per heavy atom. The minimum absolute atomic E-state index is 0.0135. The standard InChI is InChI=1S/C29H36O10/c1-5-38-29(20(15-30)17-6-9-21(32)24(12-17)35-2)19-8-11-23(26(14-19)37-4)39-27(16-31)28(34)18-7-10-22(33)25(13-18)36-3/h6-14,20,27-34H,5,15-16H2,1-4H3/t20-,27-,28-,29+/m0/s1. The molecule has 0 aromatic heterocycles. The lowest BCUT2D eigenvalue weighted by atomic mass is 9.89. The molecule has 0 heterocycles. The topological polar surface area (TPSA) is 147 Å². The van der Waals surface area contributed by atoms with Gasteiger partial charge in [-0.2, -0.15) is 0 Å². The van der Waals surface area contributed by atoms with Crippen LogP contribution < -0.4 is 18.9 Å². The van der Waals surface area contributed by atoms with Crippen LogP contribution in [0.25, 0.3) is 0 Å². The molecule has 0 aliphatic heterocycles. The van der Waals surface area contributed by atoms with Crippen molar-refractivity contribution in [1.82, 2.24) is 0 Å². The quantitative estimate of drug-likeness (QED) is 0.204. The first-order valence-electron chi connectivity index (χ1n) is 12.4. The third-order valence-electron chi connectivity index (χ3n) is 6.41. The van der Waals surface area contributed by atoms with E-state index in [1.165, 1.54) is 45.6 Å². The van der Waals surface area contributed by atoms with Crippen LogP contribution in [-0.2, 0) is 4.74 Å². The van der Waals surface area contributed by atoms with Gasteiger partial charge >= 0.3 is 0 Å². The van der Waals surface area contributed by atoms with E-state index >= 15 is 0 Å². The van der Waals surface area contributed by atoms with E-state index < -0.39 is 30.8 Å². The van der Waals surface area contributed by atoms with Crippen LogP contribution >= 0.6 is 0 Å². The van der Waals surface area contributed by atoms with Crippen molar-refractivity contribution in [1.29, 1.82) is 0 Å². The van der Waals surface area contributed by atoms with E-state index in [-0.39, 0.29) is 35.4 Å². The zero-order chi connectivity index (χ0) is 28.5. The van der Waals surface area contributed by atoms with Crippen molar-refractivity contribution in [3.8, 4) is 34.5 Å². The number of rotatable bonds is 14. The summed E-state index contributed by atoms with van der Waals surface area (Å²) < 4.78 is 27.9. The number of aliphatic hydroxyl groups excluding tert-OH is 3. The van der Waals surface area contributed by atoms with Crippen molar-refractivity contribution >= 4 is 0 Å². The number of benzene rings is 3. The molecule has 0 spiro atoms. The largest absolute Gasteiger partial charge is 0.504 e. The highest BCUT2D eigenvalue weighted by atomic mass is 16.5. The van der Waals surface area contributed by atoms with Crippen molar-refractivity contribution in [3.63, 3.8) is 0 Å². The fourth-order valence-electron chi connectivity index (χ4n) is 4.34. The Labute approximate surface area is 227 Å². The van der Waals surface area contributed by atoms with Crippen molar-refractivity contribution in [2.75, 3.05) is 41.2 Å². The Bertz CT molecular complexity index is 1210. The van der Waals surface area contributed by atoms with E-state index in [9.17, 15) is 25.5 Å². The summed E-state index contributed by atoms with van der Waals surface area (Å²) in [6.07, 6.45) is -2.88. The number of aromatic hydroxyl groups is 2. The van der Waals surface area contributed by atoms with Crippen LogP contribution in [0.4, 0.5) is 0 Å². The van der Waals surface area contributed by atoms with E-state index in [4.69, 9.17) is 23.7 Å². The molecule has 10 nitrogen and oxygen atoms in total. The Morgan fingerprint density at radius 2 is 1.21 bits per heavy atom. The molecule has 3 aromatic rings. The number of ether oxygens (including phenoxy) is 5. The fourth-order valence-corrected chi connectivity index (χ4v) is 4.34. The number of phenolic OH excluding ortho intramolecular Hbond substituents is 2. The molecule has 0 saturated heterocycles. The van der Waals surface area contributed by atoms with Crippen LogP contribution in [0, 0.1) is 0 Å². The molecule has 0 aliphatic rings. The zero-order valence-electron chi connectivity index (χ0n) is 22.4. The molecule has 4 atom stereocenters. The molecule has 0 fully saturated rings. The number of phenols is 2. The summed E-state index contributed by atoms with van der Waals surface area (Å²) in [5.74, 6) is 0.466. The first-order valence-corrected chi connectivity index (χ1v) is 12.4. The highest BCUT2D eigenvalue weighted by Gasteiger charge is 2.29. The summed E-state index contributed by atoms with van der Waals surface area (Å²) in [4.78, 5) is 0. The predicted molar refractivity (Wildman–Crippen MR) is 143 cm³/mol. The van der Waals surface area contributed by atoms with Crippen LogP contribution in [0.15, 0.2) is 54.6 Å². The van der Waals surface area contributed by atoms with Gasteiger partial charge in [-0.15, -0.1) is 0 Å². The third kappa shape index (κ3) is 6.85. The van der Waals surface area contributed by atoms with Gasteiger partial charge in [-0.1, -0.05) is 18.2 Å². The molecular formula is C29H36O10. The maximum Gasteiger partial charge on any atom is 0.161 e. The normalized spacial score (nSPS) is 14.2. The van der Waals surface area contributed by atoms with Crippen LogP contribution in [0.2, 0.25) is 0 Å². The Morgan fingerprint density at radius 3 is 1.74 bits per heavy atom. The van der Waals surface area contributed by atoms with Gasteiger partial charge in [-0.3, -0.25) is 0 Å². The van der Waals surface area contributed by atoms with Crippen molar-refractivity contribution in [3.05, 3.63) is 71.3 Å². The van der Waals surface area contributed by atoms with Gasteiger partial charge in [-0.25, -0.2) is 0 Å². The van der Waals surface area contributed by atoms with Crippen LogP contribution in [0.3, 0.4) is 0 Å². The summed E-state index contributed by atoms with van der Waals surface area (Å²) in [7, 11) is 4.31. The summed E-state index contributed by atoms with van der Waals surface area (Å²) in [5.41, 5.74) is 1.78. The maximum absolute atomic E-state index is 10.9. The van der Waals surface area contributed by atoms with Gasteiger partial charge in [0.15, 0.2) is 40.6 Å². The van der Waals surface area contributed by atoms with Gasteiger partial charge < -0.3 is 49.2 Å². The Hall–Kier alpha value is -3.70. The monoisotopic (exact) mass is 544 g/mol.